The van der Waals surface area contributed by atoms with Crippen LogP contribution in [0.4, 0.5) is 0 Å². The first-order chi connectivity index (χ1) is 10.2. The number of hydrogen-bond acceptors (Lipinski definition) is 4. The highest BCUT2D eigenvalue weighted by Crippen LogP contribution is 2.39. The number of aliphatic hydroxyl groups is 1. The molecule has 2 aliphatic rings. The zero-order valence-corrected chi connectivity index (χ0v) is 17.3. The van der Waals surface area contributed by atoms with Crippen molar-refractivity contribution in [2.75, 3.05) is 32.7 Å². The summed E-state index contributed by atoms with van der Waals surface area (Å²) < 4.78 is 1.21. The molecule has 1 saturated heterocycles. The first-order valence-corrected chi connectivity index (χ1v) is 9.74. The number of aliphatic hydroxyl groups excluding tert-OH is 1. The van der Waals surface area contributed by atoms with Gasteiger partial charge < -0.3 is 15.3 Å². The van der Waals surface area contributed by atoms with Gasteiger partial charge in [-0.25, -0.2) is 0 Å². The second-order valence-corrected chi connectivity index (χ2v) is 8.25. The third kappa shape index (κ3) is 6.14. The molecule has 23 heavy (non-hydrogen) atoms. The van der Waals surface area contributed by atoms with Gasteiger partial charge >= 0.3 is 0 Å². The Labute approximate surface area is 164 Å². The van der Waals surface area contributed by atoms with E-state index in [0.29, 0.717) is 5.92 Å². The fourth-order valence-electron chi connectivity index (χ4n) is 3.67. The molecule has 1 aliphatic carbocycles. The van der Waals surface area contributed by atoms with Crippen LogP contribution in [-0.2, 0) is 0 Å². The van der Waals surface area contributed by atoms with Crippen molar-refractivity contribution in [3.8, 4) is 0 Å². The maximum absolute atomic E-state index is 9.78. The van der Waals surface area contributed by atoms with Crippen molar-refractivity contribution in [1.82, 2.24) is 10.2 Å². The molecule has 1 aliphatic heterocycles. The molecular weight excluding hydrogens is 419 g/mol. The quantitative estimate of drug-likeness (QED) is 0.737. The fraction of sp³-hybridized carbons (Fsp3) is 0.750. The molecule has 7 heteroatoms. The molecule has 0 radical (unpaired) electrons. The van der Waals surface area contributed by atoms with Crippen molar-refractivity contribution >= 4 is 52.1 Å². The minimum atomic E-state index is -0.0591. The molecule has 1 aromatic heterocycles. The van der Waals surface area contributed by atoms with Gasteiger partial charge in [0, 0.05) is 53.4 Å². The lowest BCUT2D eigenvalue weighted by molar-refractivity contribution is 0.0937. The molecule has 3 rings (SSSR count). The molecule has 0 spiro atoms. The summed E-state index contributed by atoms with van der Waals surface area (Å²) in [6, 6.07) is 2.31. The van der Waals surface area contributed by atoms with Crippen LogP contribution in [0.25, 0.3) is 0 Å². The van der Waals surface area contributed by atoms with Gasteiger partial charge in [-0.1, -0.05) is 0 Å². The number of halogens is 3. The van der Waals surface area contributed by atoms with Crippen molar-refractivity contribution in [2.24, 2.45) is 5.92 Å². The highest BCUT2D eigenvalue weighted by molar-refractivity contribution is 9.10. The molecule has 2 heterocycles. The van der Waals surface area contributed by atoms with Crippen LogP contribution in [-0.4, -0.2) is 48.8 Å². The first kappa shape index (κ1) is 21.7. The summed E-state index contributed by atoms with van der Waals surface area (Å²) in [7, 11) is 0. The summed E-state index contributed by atoms with van der Waals surface area (Å²) in [5.74, 6) is 1.36. The molecule has 1 saturated carbocycles. The topological polar surface area (TPSA) is 35.5 Å². The average Bonchev–Trinajstić information content (AvgIpc) is 2.93. The van der Waals surface area contributed by atoms with Crippen molar-refractivity contribution in [3.63, 3.8) is 0 Å². The number of piperazine rings is 1. The van der Waals surface area contributed by atoms with E-state index in [1.807, 2.05) is 11.3 Å². The SMILES string of the molecule is Cl.Cl.OC1CCC(C(CN2CCNCC2)c2cc(Br)cs2)CC1. The minimum Gasteiger partial charge on any atom is -0.393 e. The van der Waals surface area contributed by atoms with Gasteiger partial charge in [0.15, 0.2) is 0 Å². The van der Waals surface area contributed by atoms with E-state index in [0.717, 1.165) is 31.8 Å². The van der Waals surface area contributed by atoms with Crippen molar-refractivity contribution in [2.45, 2.75) is 37.7 Å². The van der Waals surface area contributed by atoms with Crippen LogP contribution in [0.5, 0.6) is 0 Å². The van der Waals surface area contributed by atoms with Gasteiger partial charge in [-0.3, -0.25) is 0 Å². The van der Waals surface area contributed by atoms with Crippen LogP contribution in [0.15, 0.2) is 15.9 Å². The van der Waals surface area contributed by atoms with Gasteiger partial charge in [0.05, 0.1) is 6.10 Å². The first-order valence-electron chi connectivity index (χ1n) is 8.07. The standard InChI is InChI=1S/C16H25BrN2OS.2ClH/c17-13-9-16(21-11-13)15(10-19-7-5-18-6-8-19)12-1-3-14(20)4-2-12;;/h9,11-12,14-15,18,20H,1-8,10H2;2*1H. The van der Waals surface area contributed by atoms with E-state index in [2.05, 4.69) is 37.6 Å². The van der Waals surface area contributed by atoms with Crippen LogP contribution in [0.3, 0.4) is 0 Å². The molecule has 1 atom stereocenters. The second-order valence-electron chi connectivity index (χ2n) is 6.39. The van der Waals surface area contributed by atoms with Crippen LogP contribution < -0.4 is 5.32 Å². The van der Waals surface area contributed by atoms with Crippen molar-refractivity contribution in [3.05, 3.63) is 20.8 Å². The van der Waals surface area contributed by atoms with E-state index in [1.54, 1.807) is 0 Å². The number of nitrogens with zero attached hydrogens (tertiary/aromatic N) is 1. The van der Waals surface area contributed by atoms with E-state index in [-0.39, 0.29) is 30.9 Å². The number of thiophene rings is 1. The summed E-state index contributed by atoms with van der Waals surface area (Å²) in [6.45, 7) is 5.74. The van der Waals surface area contributed by atoms with Gasteiger partial charge in [0.25, 0.3) is 0 Å². The molecular formula is C16H27BrCl2N2OS. The maximum atomic E-state index is 9.78. The molecule has 2 N–H and O–H groups in total. The molecule has 0 aromatic carbocycles. The van der Waals surface area contributed by atoms with Crippen LogP contribution in [0.2, 0.25) is 0 Å². The van der Waals surface area contributed by atoms with Crippen LogP contribution in [0, 0.1) is 5.92 Å². The Kier molecular flexibility index (Phi) is 9.98. The normalized spacial score (nSPS) is 26.9. The Hall–Kier alpha value is 0.640. The zero-order valence-electron chi connectivity index (χ0n) is 13.2. The third-order valence-electron chi connectivity index (χ3n) is 4.93. The third-order valence-corrected chi connectivity index (χ3v) is 6.75. The van der Waals surface area contributed by atoms with E-state index in [1.165, 1.54) is 41.8 Å². The van der Waals surface area contributed by atoms with E-state index in [4.69, 9.17) is 0 Å². The summed E-state index contributed by atoms with van der Waals surface area (Å²) in [5, 5.41) is 15.4. The number of rotatable bonds is 4. The van der Waals surface area contributed by atoms with Crippen LogP contribution in [0.1, 0.15) is 36.5 Å². The smallest absolute Gasteiger partial charge is 0.0540 e. The van der Waals surface area contributed by atoms with Gasteiger partial charge in [0.1, 0.15) is 0 Å². The molecule has 134 valence electrons. The van der Waals surface area contributed by atoms with Crippen molar-refractivity contribution in [1.29, 1.82) is 0 Å². The van der Waals surface area contributed by atoms with Gasteiger partial charge in [0.2, 0.25) is 0 Å². The van der Waals surface area contributed by atoms with Crippen LogP contribution >= 0.6 is 52.1 Å². The van der Waals surface area contributed by atoms with E-state index < -0.39 is 0 Å². The maximum Gasteiger partial charge on any atom is 0.0540 e. The second kappa shape index (κ2) is 10.6. The van der Waals surface area contributed by atoms with Gasteiger partial charge in [-0.2, -0.15) is 0 Å². The lowest BCUT2D eigenvalue weighted by Gasteiger charge is -2.36. The Morgan fingerprint density at radius 1 is 1.22 bits per heavy atom. The summed E-state index contributed by atoms with van der Waals surface area (Å²) >= 11 is 5.50. The molecule has 0 amide bonds. The summed E-state index contributed by atoms with van der Waals surface area (Å²) in [4.78, 5) is 4.13. The highest BCUT2D eigenvalue weighted by atomic mass is 79.9. The summed E-state index contributed by atoms with van der Waals surface area (Å²) in [6.07, 6.45) is 4.25. The lowest BCUT2D eigenvalue weighted by atomic mass is 9.78. The number of nitrogens with one attached hydrogen (secondary N) is 1. The molecule has 1 unspecified atom stereocenters. The largest absolute Gasteiger partial charge is 0.393 e. The Morgan fingerprint density at radius 2 is 1.87 bits per heavy atom. The van der Waals surface area contributed by atoms with E-state index in [9.17, 15) is 5.11 Å². The monoisotopic (exact) mass is 444 g/mol. The number of hydrogen-bond donors (Lipinski definition) is 2. The highest BCUT2D eigenvalue weighted by Gasteiger charge is 2.30. The molecule has 1 aromatic rings. The zero-order chi connectivity index (χ0) is 14.7. The molecule has 0 bridgehead atoms. The predicted molar refractivity (Wildman–Crippen MR) is 107 cm³/mol. The van der Waals surface area contributed by atoms with Gasteiger partial charge in [-0.15, -0.1) is 36.2 Å². The molecule has 2 fully saturated rings. The van der Waals surface area contributed by atoms with E-state index >= 15 is 0 Å². The predicted octanol–water partition coefficient (Wildman–Crippen LogP) is 3.89. The Bertz CT molecular complexity index is 449. The molecule has 3 nitrogen and oxygen atoms in total. The van der Waals surface area contributed by atoms with Gasteiger partial charge in [-0.05, 0) is 53.6 Å². The van der Waals surface area contributed by atoms with Crippen molar-refractivity contribution < 1.29 is 5.11 Å². The Morgan fingerprint density at radius 3 is 2.43 bits per heavy atom. The summed E-state index contributed by atoms with van der Waals surface area (Å²) in [5.41, 5.74) is 0. The fourth-order valence-corrected chi connectivity index (χ4v) is 5.30. The average molecular weight is 446 g/mol. The Balaban J connectivity index is 0.00000132. The lowest BCUT2D eigenvalue weighted by Crippen LogP contribution is -2.45. The minimum absolute atomic E-state index is 0.